The lowest BCUT2D eigenvalue weighted by Crippen LogP contribution is -2.30. The van der Waals surface area contributed by atoms with Crippen molar-refractivity contribution in [3.8, 4) is 0 Å². The van der Waals surface area contributed by atoms with Gasteiger partial charge in [-0.05, 0) is 25.3 Å². The Morgan fingerprint density at radius 3 is 2.82 bits per heavy atom. The average molecular weight is 156 g/mol. The molecule has 62 valence electrons. The lowest BCUT2D eigenvalue weighted by atomic mass is 9.93. The minimum atomic E-state index is -1.06. The molecule has 0 aromatic heterocycles. The van der Waals surface area contributed by atoms with Crippen molar-refractivity contribution in [2.45, 2.75) is 31.8 Å². The van der Waals surface area contributed by atoms with Crippen molar-refractivity contribution >= 4 is 5.97 Å². The quantitative estimate of drug-likeness (QED) is 0.585. The SMILES string of the molecule is CC1=CCCC1(O)CC(=O)O. The molecular formula is C8H12O3. The summed E-state index contributed by atoms with van der Waals surface area (Å²) in [5.41, 5.74) is -0.272. The molecule has 3 heteroatoms. The van der Waals surface area contributed by atoms with Gasteiger partial charge in [0.15, 0.2) is 0 Å². The number of allylic oxidation sites excluding steroid dienone is 1. The first-order valence-corrected chi connectivity index (χ1v) is 3.66. The van der Waals surface area contributed by atoms with Crippen molar-refractivity contribution in [1.82, 2.24) is 0 Å². The smallest absolute Gasteiger partial charge is 0.306 e. The van der Waals surface area contributed by atoms with Gasteiger partial charge in [0, 0.05) is 0 Å². The van der Waals surface area contributed by atoms with E-state index in [1.807, 2.05) is 6.08 Å². The van der Waals surface area contributed by atoms with E-state index < -0.39 is 11.6 Å². The summed E-state index contributed by atoms with van der Waals surface area (Å²) < 4.78 is 0. The van der Waals surface area contributed by atoms with Gasteiger partial charge in [-0.25, -0.2) is 0 Å². The maximum atomic E-state index is 10.3. The summed E-state index contributed by atoms with van der Waals surface area (Å²) in [5.74, 6) is -0.942. The van der Waals surface area contributed by atoms with Crippen molar-refractivity contribution in [3.63, 3.8) is 0 Å². The van der Waals surface area contributed by atoms with Crippen LogP contribution in [0.2, 0.25) is 0 Å². The summed E-state index contributed by atoms with van der Waals surface area (Å²) in [4.78, 5) is 10.3. The lowest BCUT2D eigenvalue weighted by molar-refractivity contribution is -0.141. The summed E-state index contributed by atoms with van der Waals surface area (Å²) in [6, 6.07) is 0. The van der Waals surface area contributed by atoms with Crippen LogP contribution in [0.3, 0.4) is 0 Å². The monoisotopic (exact) mass is 156 g/mol. The van der Waals surface area contributed by atoms with Crippen LogP contribution in [0.15, 0.2) is 11.6 Å². The maximum Gasteiger partial charge on any atom is 0.306 e. The van der Waals surface area contributed by atoms with Crippen LogP contribution in [0, 0.1) is 0 Å². The summed E-state index contributed by atoms with van der Waals surface area (Å²) in [6.45, 7) is 1.77. The average Bonchev–Trinajstić information content (AvgIpc) is 2.11. The minimum absolute atomic E-state index is 0.171. The molecule has 0 saturated carbocycles. The van der Waals surface area contributed by atoms with Gasteiger partial charge in [0.1, 0.15) is 0 Å². The maximum absolute atomic E-state index is 10.3. The Labute approximate surface area is 65.3 Å². The fourth-order valence-corrected chi connectivity index (χ4v) is 1.39. The summed E-state index contributed by atoms with van der Waals surface area (Å²) >= 11 is 0. The number of hydrogen-bond donors (Lipinski definition) is 2. The van der Waals surface area contributed by atoms with E-state index in [4.69, 9.17) is 5.11 Å². The van der Waals surface area contributed by atoms with E-state index in [1.165, 1.54) is 0 Å². The predicted octanol–water partition coefficient (Wildman–Crippen LogP) is 0.932. The molecule has 0 radical (unpaired) electrons. The highest BCUT2D eigenvalue weighted by atomic mass is 16.4. The van der Waals surface area contributed by atoms with E-state index in [2.05, 4.69) is 0 Å². The van der Waals surface area contributed by atoms with E-state index in [0.717, 1.165) is 12.0 Å². The number of hydrogen-bond acceptors (Lipinski definition) is 2. The zero-order valence-corrected chi connectivity index (χ0v) is 6.50. The molecule has 11 heavy (non-hydrogen) atoms. The summed E-state index contributed by atoms with van der Waals surface area (Å²) in [7, 11) is 0. The predicted molar refractivity (Wildman–Crippen MR) is 40.2 cm³/mol. The number of rotatable bonds is 2. The van der Waals surface area contributed by atoms with Crippen LogP contribution in [0.25, 0.3) is 0 Å². The second-order valence-electron chi connectivity index (χ2n) is 3.03. The standard InChI is InChI=1S/C8H12O3/c1-6-3-2-4-8(6,11)5-7(9)10/h3,11H,2,4-5H2,1H3,(H,9,10). The molecule has 0 spiro atoms. The lowest BCUT2D eigenvalue weighted by Gasteiger charge is -2.21. The molecule has 0 bridgehead atoms. The molecule has 1 rings (SSSR count). The molecule has 1 aliphatic rings. The Bertz CT molecular complexity index is 207. The molecule has 0 aliphatic heterocycles. The van der Waals surface area contributed by atoms with Crippen molar-refractivity contribution in [2.24, 2.45) is 0 Å². The fraction of sp³-hybridized carbons (Fsp3) is 0.625. The van der Waals surface area contributed by atoms with Gasteiger partial charge < -0.3 is 10.2 Å². The van der Waals surface area contributed by atoms with Crippen molar-refractivity contribution < 1.29 is 15.0 Å². The zero-order chi connectivity index (χ0) is 8.48. The molecule has 0 aromatic carbocycles. The Balaban J connectivity index is 2.67. The first kappa shape index (κ1) is 8.27. The van der Waals surface area contributed by atoms with Gasteiger partial charge in [0.05, 0.1) is 12.0 Å². The van der Waals surface area contributed by atoms with Crippen LogP contribution in [-0.2, 0) is 4.79 Å². The van der Waals surface area contributed by atoms with Gasteiger partial charge >= 0.3 is 5.97 Å². The number of carboxylic acids is 1. The third-order valence-corrected chi connectivity index (χ3v) is 2.19. The highest BCUT2D eigenvalue weighted by molar-refractivity contribution is 5.69. The summed E-state index contributed by atoms with van der Waals surface area (Å²) in [5, 5.41) is 18.2. The largest absolute Gasteiger partial charge is 0.481 e. The molecule has 0 heterocycles. The second kappa shape index (κ2) is 2.66. The van der Waals surface area contributed by atoms with Crippen molar-refractivity contribution in [3.05, 3.63) is 11.6 Å². The van der Waals surface area contributed by atoms with Crippen LogP contribution in [0.1, 0.15) is 26.2 Å². The van der Waals surface area contributed by atoms with Crippen molar-refractivity contribution in [2.75, 3.05) is 0 Å². The first-order valence-electron chi connectivity index (χ1n) is 3.66. The first-order chi connectivity index (χ1) is 5.04. The Hall–Kier alpha value is -0.830. The van der Waals surface area contributed by atoms with E-state index >= 15 is 0 Å². The van der Waals surface area contributed by atoms with Crippen LogP contribution in [-0.4, -0.2) is 21.8 Å². The van der Waals surface area contributed by atoms with Gasteiger partial charge in [-0.2, -0.15) is 0 Å². The Kier molecular flexibility index (Phi) is 2.00. The van der Waals surface area contributed by atoms with Gasteiger partial charge in [-0.3, -0.25) is 4.79 Å². The van der Waals surface area contributed by atoms with Gasteiger partial charge in [-0.1, -0.05) is 6.08 Å². The highest BCUT2D eigenvalue weighted by Gasteiger charge is 2.34. The van der Waals surface area contributed by atoms with E-state index in [-0.39, 0.29) is 6.42 Å². The topological polar surface area (TPSA) is 57.5 Å². The molecule has 0 amide bonds. The number of aliphatic hydroxyl groups is 1. The van der Waals surface area contributed by atoms with Gasteiger partial charge in [-0.15, -0.1) is 0 Å². The van der Waals surface area contributed by atoms with Crippen LogP contribution >= 0.6 is 0 Å². The molecule has 3 nitrogen and oxygen atoms in total. The fourth-order valence-electron chi connectivity index (χ4n) is 1.39. The highest BCUT2D eigenvalue weighted by Crippen LogP contribution is 2.32. The molecular weight excluding hydrogens is 144 g/mol. The Morgan fingerprint density at radius 2 is 2.45 bits per heavy atom. The Morgan fingerprint density at radius 1 is 1.82 bits per heavy atom. The molecule has 0 aromatic rings. The molecule has 1 atom stereocenters. The third-order valence-electron chi connectivity index (χ3n) is 2.19. The molecule has 0 fully saturated rings. The second-order valence-corrected chi connectivity index (χ2v) is 3.03. The van der Waals surface area contributed by atoms with Crippen LogP contribution in [0.5, 0.6) is 0 Å². The van der Waals surface area contributed by atoms with E-state index in [0.29, 0.717) is 6.42 Å². The van der Waals surface area contributed by atoms with Gasteiger partial charge in [0.25, 0.3) is 0 Å². The van der Waals surface area contributed by atoms with E-state index in [1.54, 1.807) is 6.92 Å². The summed E-state index contributed by atoms with van der Waals surface area (Å²) in [6.07, 6.45) is 3.05. The normalized spacial score (nSPS) is 30.2. The zero-order valence-electron chi connectivity index (χ0n) is 6.50. The van der Waals surface area contributed by atoms with Gasteiger partial charge in [0.2, 0.25) is 0 Å². The number of carbonyl (C=O) groups is 1. The minimum Gasteiger partial charge on any atom is -0.481 e. The number of carboxylic acid groups (broad SMARTS) is 1. The van der Waals surface area contributed by atoms with E-state index in [9.17, 15) is 9.90 Å². The molecule has 1 unspecified atom stereocenters. The third kappa shape index (κ3) is 1.60. The molecule has 0 saturated heterocycles. The van der Waals surface area contributed by atoms with Crippen LogP contribution < -0.4 is 0 Å². The molecule has 2 N–H and O–H groups in total. The molecule has 1 aliphatic carbocycles. The number of aliphatic carboxylic acids is 1. The van der Waals surface area contributed by atoms with Crippen LogP contribution in [0.4, 0.5) is 0 Å². The van der Waals surface area contributed by atoms with Crippen molar-refractivity contribution in [1.29, 1.82) is 0 Å².